The van der Waals surface area contributed by atoms with E-state index >= 15 is 0 Å². The maximum absolute atomic E-state index is 12.0. The van der Waals surface area contributed by atoms with Gasteiger partial charge in [-0.15, -0.1) is 11.3 Å². The minimum atomic E-state index is -0.326. The number of carbonyl (C=O) groups excluding carboxylic acids is 1. The fraction of sp³-hybridized carbons (Fsp3) is 0.312. The minimum absolute atomic E-state index is 0.0237. The molecule has 0 aliphatic carbocycles. The molecule has 0 spiro atoms. The van der Waals surface area contributed by atoms with Crippen LogP contribution in [0.25, 0.3) is 0 Å². The number of hydrogen-bond acceptors (Lipinski definition) is 2. The SMILES string of the molecule is CC1(c2cc(Cl)sc2Cl)CC(=O)NC1Cc1ccccc1. The van der Waals surface area contributed by atoms with E-state index in [4.69, 9.17) is 23.2 Å². The van der Waals surface area contributed by atoms with Crippen molar-refractivity contribution in [3.8, 4) is 0 Å². The van der Waals surface area contributed by atoms with Crippen LogP contribution in [-0.2, 0) is 16.6 Å². The Morgan fingerprint density at radius 1 is 1.33 bits per heavy atom. The van der Waals surface area contributed by atoms with E-state index in [2.05, 4.69) is 24.4 Å². The second-order valence-corrected chi connectivity index (χ2v) is 7.93. The van der Waals surface area contributed by atoms with Crippen molar-refractivity contribution in [2.24, 2.45) is 0 Å². The lowest BCUT2D eigenvalue weighted by Gasteiger charge is -2.30. The number of rotatable bonds is 3. The fourth-order valence-electron chi connectivity index (χ4n) is 3.00. The number of thiophene rings is 1. The standard InChI is InChI=1S/C16H15Cl2NOS/c1-16(11-8-13(17)21-15(11)18)9-14(20)19-12(16)7-10-5-3-2-4-6-10/h2-6,8,12H,7,9H2,1H3,(H,19,20). The highest BCUT2D eigenvalue weighted by atomic mass is 35.5. The summed E-state index contributed by atoms with van der Waals surface area (Å²) < 4.78 is 1.34. The van der Waals surface area contributed by atoms with Gasteiger partial charge in [0, 0.05) is 17.9 Å². The summed E-state index contributed by atoms with van der Waals surface area (Å²) in [6.45, 7) is 2.09. The molecule has 1 aromatic heterocycles. The molecular weight excluding hydrogens is 325 g/mol. The summed E-state index contributed by atoms with van der Waals surface area (Å²) in [5, 5.41) is 3.09. The van der Waals surface area contributed by atoms with Crippen LogP contribution in [0.1, 0.15) is 24.5 Å². The molecular formula is C16H15Cl2NOS. The molecule has 1 aliphatic rings. The molecule has 0 radical (unpaired) electrons. The Hall–Kier alpha value is -1.03. The van der Waals surface area contributed by atoms with Gasteiger partial charge in [0.25, 0.3) is 0 Å². The van der Waals surface area contributed by atoms with Gasteiger partial charge < -0.3 is 5.32 Å². The second kappa shape index (κ2) is 5.64. The molecule has 3 rings (SSSR count). The van der Waals surface area contributed by atoms with Gasteiger partial charge >= 0.3 is 0 Å². The summed E-state index contributed by atoms with van der Waals surface area (Å²) in [6, 6.07) is 12.1. The van der Waals surface area contributed by atoms with E-state index in [1.54, 1.807) is 0 Å². The molecule has 2 unspecified atom stereocenters. The van der Waals surface area contributed by atoms with Gasteiger partial charge in [0.05, 0.1) is 8.67 Å². The van der Waals surface area contributed by atoms with Gasteiger partial charge in [-0.2, -0.15) is 0 Å². The first kappa shape index (κ1) is 14.9. The molecule has 0 bridgehead atoms. The van der Waals surface area contributed by atoms with Gasteiger partial charge in [-0.3, -0.25) is 4.79 Å². The lowest BCUT2D eigenvalue weighted by molar-refractivity contribution is -0.119. The van der Waals surface area contributed by atoms with Gasteiger partial charge in [0.2, 0.25) is 5.91 Å². The van der Waals surface area contributed by atoms with E-state index in [0.717, 1.165) is 12.0 Å². The Labute approximate surface area is 138 Å². The van der Waals surface area contributed by atoms with Crippen molar-refractivity contribution in [2.45, 2.75) is 31.2 Å². The summed E-state index contributed by atoms with van der Waals surface area (Å²) in [5.41, 5.74) is 1.85. The van der Waals surface area contributed by atoms with Crippen LogP contribution in [0.15, 0.2) is 36.4 Å². The molecule has 110 valence electrons. The quantitative estimate of drug-likeness (QED) is 0.879. The summed E-state index contributed by atoms with van der Waals surface area (Å²) in [6.07, 6.45) is 1.23. The van der Waals surface area contributed by atoms with Crippen LogP contribution in [0.5, 0.6) is 0 Å². The normalized spacial score (nSPS) is 25.1. The molecule has 2 aromatic rings. The molecule has 1 N–H and O–H groups in total. The largest absolute Gasteiger partial charge is 0.352 e. The zero-order valence-electron chi connectivity index (χ0n) is 11.5. The second-order valence-electron chi connectivity index (χ2n) is 5.64. The lowest BCUT2D eigenvalue weighted by Crippen LogP contribution is -2.40. The first-order valence-corrected chi connectivity index (χ1v) is 8.35. The molecule has 1 aliphatic heterocycles. The van der Waals surface area contributed by atoms with Crippen molar-refractivity contribution in [3.05, 3.63) is 56.2 Å². The highest BCUT2D eigenvalue weighted by molar-refractivity contribution is 7.20. The molecule has 2 heterocycles. The molecule has 2 atom stereocenters. The van der Waals surface area contributed by atoms with Crippen molar-refractivity contribution in [1.82, 2.24) is 5.32 Å². The van der Waals surface area contributed by atoms with Gasteiger partial charge in [-0.1, -0.05) is 60.5 Å². The van der Waals surface area contributed by atoms with Crippen molar-refractivity contribution in [1.29, 1.82) is 0 Å². The molecule has 1 amide bonds. The predicted octanol–water partition coefficient (Wildman–Crippen LogP) is 4.44. The average molecular weight is 340 g/mol. The molecule has 1 fully saturated rings. The third-order valence-electron chi connectivity index (χ3n) is 4.19. The highest BCUT2D eigenvalue weighted by Gasteiger charge is 2.46. The number of nitrogens with one attached hydrogen (secondary N) is 1. The first-order valence-electron chi connectivity index (χ1n) is 6.77. The van der Waals surface area contributed by atoms with Gasteiger partial charge in [-0.25, -0.2) is 0 Å². The van der Waals surface area contributed by atoms with Crippen LogP contribution < -0.4 is 5.32 Å². The van der Waals surface area contributed by atoms with E-state index in [9.17, 15) is 4.79 Å². The Balaban J connectivity index is 1.95. The number of benzene rings is 1. The van der Waals surface area contributed by atoms with Crippen molar-refractivity contribution < 1.29 is 4.79 Å². The molecule has 0 saturated carbocycles. The topological polar surface area (TPSA) is 29.1 Å². The van der Waals surface area contributed by atoms with Gasteiger partial charge in [0.15, 0.2) is 0 Å². The summed E-state index contributed by atoms with van der Waals surface area (Å²) in [7, 11) is 0. The summed E-state index contributed by atoms with van der Waals surface area (Å²) in [5.74, 6) is 0.0665. The van der Waals surface area contributed by atoms with E-state index in [-0.39, 0.29) is 17.4 Å². The maximum Gasteiger partial charge on any atom is 0.221 e. The number of carbonyl (C=O) groups is 1. The number of hydrogen-bond donors (Lipinski definition) is 1. The molecule has 1 saturated heterocycles. The Kier molecular flexibility index (Phi) is 4.00. The van der Waals surface area contributed by atoms with Gasteiger partial charge in [0.1, 0.15) is 0 Å². The Morgan fingerprint density at radius 2 is 2.05 bits per heavy atom. The first-order chi connectivity index (χ1) is 9.99. The van der Waals surface area contributed by atoms with E-state index < -0.39 is 0 Å². The third kappa shape index (κ3) is 2.83. The lowest BCUT2D eigenvalue weighted by atomic mass is 9.75. The van der Waals surface area contributed by atoms with Crippen molar-refractivity contribution in [2.75, 3.05) is 0 Å². The summed E-state index contributed by atoms with van der Waals surface area (Å²) in [4.78, 5) is 12.0. The van der Waals surface area contributed by atoms with Crippen molar-refractivity contribution >= 4 is 40.4 Å². The number of amides is 1. The van der Waals surface area contributed by atoms with Crippen LogP contribution in [0.2, 0.25) is 8.67 Å². The average Bonchev–Trinajstić information content (AvgIpc) is 2.91. The molecule has 21 heavy (non-hydrogen) atoms. The van der Waals surface area contributed by atoms with Gasteiger partial charge in [-0.05, 0) is 23.6 Å². The molecule has 1 aromatic carbocycles. The smallest absolute Gasteiger partial charge is 0.221 e. The maximum atomic E-state index is 12.0. The van der Waals surface area contributed by atoms with Crippen molar-refractivity contribution in [3.63, 3.8) is 0 Å². The van der Waals surface area contributed by atoms with E-state index in [1.165, 1.54) is 16.9 Å². The fourth-order valence-corrected chi connectivity index (χ4v) is 4.73. The van der Waals surface area contributed by atoms with E-state index in [1.807, 2.05) is 24.3 Å². The summed E-state index contributed by atoms with van der Waals surface area (Å²) >= 11 is 13.8. The van der Waals surface area contributed by atoms with E-state index in [0.29, 0.717) is 15.1 Å². The van der Waals surface area contributed by atoms with Crippen LogP contribution in [-0.4, -0.2) is 11.9 Å². The monoisotopic (exact) mass is 339 g/mol. The number of halogens is 2. The minimum Gasteiger partial charge on any atom is -0.352 e. The van der Waals surface area contributed by atoms with Crippen LogP contribution in [0.4, 0.5) is 0 Å². The van der Waals surface area contributed by atoms with Crippen LogP contribution >= 0.6 is 34.5 Å². The zero-order chi connectivity index (χ0) is 15.0. The predicted molar refractivity (Wildman–Crippen MR) is 88.4 cm³/mol. The highest BCUT2D eigenvalue weighted by Crippen LogP contribution is 2.45. The zero-order valence-corrected chi connectivity index (χ0v) is 13.9. The molecule has 5 heteroatoms. The van der Waals surface area contributed by atoms with Crippen LogP contribution in [0, 0.1) is 0 Å². The Morgan fingerprint density at radius 3 is 2.67 bits per heavy atom. The third-order valence-corrected chi connectivity index (χ3v) is 5.67. The van der Waals surface area contributed by atoms with Crippen LogP contribution in [0.3, 0.4) is 0 Å². The Bertz CT molecular complexity index is 670. The molecule has 2 nitrogen and oxygen atoms in total.